The summed E-state index contributed by atoms with van der Waals surface area (Å²) < 4.78 is 10.9. The second-order valence-electron chi connectivity index (χ2n) is 4.47. The summed E-state index contributed by atoms with van der Waals surface area (Å²) in [6, 6.07) is 3.43. The lowest BCUT2D eigenvalue weighted by molar-refractivity contribution is 0.0488. The summed E-state index contributed by atoms with van der Waals surface area (Å²) in [7, 11) is 0. The van der Waals surface area contributed by atoms with Gasteiger partial charge in [0.15, 0.2) is 11.4 Å². The Balaban J connectivity index is 2.01. The second-order valence-corrected chi connectivity index (χ2v) is 4.47. The molecule has 5 nitrogen and oxygen atoms in total. The predicted octanol–water partition coefficient (Wildman–Crippen LogP) is 1.89. The van der Waals surface area contributed by atoms with E-state index in [9.17, 15) is 4.79 Å². The van der Waals surface area contributed by atoms with Gasteiger partial charge in [0.2, 0.25) is 0 Å². The highest BCUT2D eigenvalue weighted by molar-refractivity contribution is 5.88. The SMILES string of the molecule is Cc1ccc(OCC2CCOCC2)c(C(=O)O)n1. The van der Waals surface area contributed by atoms with Crippen LogP contribution in [-0.4, -0.2) is 35.9 Å². The topological polar surface area (TPSA) is 68.7 Å². The fourth-order valence-electron chi connectivity index (χ4n) is 1.93. The van der Waals surface area contributed by atoms with Crippen molar-refractivity contribution in [1.29, 1.82) is 0 Å². The maximum atomic E-state index is 11.1. The fraction of sp³-hybridized carbons (Fsp3) is 0.538. The average molecular weight is 251 g/mol. The standard InChI is InChI=1S/C13H17NO4/c1-9-2-3-11(12(14-9)13(15)16)18-8-10-4-6-17-7-5-10/h2-3,10H,4-8H2,1H3,(H,15,16). The van der Waals surface area contributed by atoms with Crippen LogP contribution in [0.1, 0.15) is 29.0 Å². The number of carboxylic acids is 1. The van der Waals surface area contributed by atoms with Crippen LogP contribution >= 0.6 is 0 Å². The Kier molecular flexibility index (Phi) is 4.15. The molecular weight excluding hydrogens is 234 g/mol. The molecule has 5 heteroatoms. The number of aromatic carboxylic acids is 1. The number of pyridine rings is 1. The van der Waals surface area contributed by atoms with E-state index in [1.165, 1.54) is 0 Å². The highest BCUT2D eigenvalue weighted by Crippen LogP contribution is 2.20. The van der Waals surface area contributed by atoms with E-state index < -0.39 is 5.97 Å². The molecular formula is C13H17NO4. The quantitative estimate of drug-likeness (QED) is 0.885. The summed E-state index contributed by atoms with van der Waals surface area (Å²) in [4.78, 5) is 15.0. The third kappa shape index (κ3) is 3.20. The van der Waals surface area contributed by atoms with Gasteiger partial charge in [0, 0.05) is 18.9 Å². The van der Waals surface area contributed by atoms with E-state index in [0.29, 0.717) is 24.0 Å². The Labute approximate surface area is 106 Å². The van der Waals surface area contributed by atoms with E-state index in [1.54, 1.807) is 19.1 Å². The average Bonchev–Trinajstić information content (AvgIpc) is 2.38. The molecule has 0 bridgehead atoms. The minimum atomic E-state index is -1.05. The van der Waals surface area contributed by atoms with E-state index in [2.05, 4.69) is 4.98 Å². The maximum absolute atomic E-state index is 11.1. The van der Waals surface area contributed by atoms with Crippen LogP contribution in [-0.2, 0) is 4.74 Å². The van der Waals surface area contributed by atoms with Crippen LogP contribution in [0.3, 0.4) is 0 Å². The number of carboxylic acid groups (broad SMARTS) is 1. The van der Waals surface area contributed by atoms with Gasteiger partial charge in [-0.1, -0.05) is 0 Å². The Hall–Kier alpha value is -1.62. The first-order valence-corrected chi connectivity index (χ1v) is 6.08. The number of carbonyl (C=O) groups is 1. The molecule has 1 aromatic rings. The lowest BCUT2D eigenvalue weighted by atomic mass is 10.0. The van der Waals surface area contributed by atoms with Crippen LogP contribution < -0.4 is 4.74 Å². The van der Waals surface area contributed by atoms with Gasteiger partial charge in [-0.25, -0.2) is 9.78 Å². The molecule has 1 aromatic heterocycles. The molecule has 0 atom stereocenters. The zero-order chi connectivity index (χ0) is 13.0. The highest BCUT2D eigenvalue weighted by atomic mass is 16.5. The first-order chi connectivity index (χ1) is 8.66. The smallest absolute Gasteiger partial charge is 0.358 e. The summed E-state index contributed by atoms with van der Waals surface area (Å²) in [6.07, 6.45) is 1.92. The number of aryl methyl sites for hydroxylation is 1. The summed E-state index contributed by atoms with van der Waals surface area (Å²) in [5.41, 5.74) is 0.660. The second kappa shape index (κ2) is 5.82. The van der Waals surface area contributed by atoms with Crippen molar-refractivity contribution in [3.05, 3.63) is 23.5 Å². The minimum Gasteiger partial charge on any atom is -0.491 e. The van der Waals surface area contributed by atoms with Crippen LogP contribution in [0.15, 0.2) is 12.1 Å². The largest absolute Gasteiger partial charge is 0.491 e. The van der Waals surface area contributed by atoms with Crippen LogP contribution in [0, 0.1) is 12.8 Å². The van der Waals surface area contributed by atoms with E-state index in [4.69, 9.17) is 14.6 Å². The van der Waals surface area contributed by atoms with Crippen molar-refractivity contribution < 1.29 is 19.4 Å². The lowest BCUT2D eigenvalue weighted by Gasteiger charge is -2.22. The summed E-state index contributed by atoms with van der Waals surface area (Å²) in [5.74, 6) is -0.276. The molecule has 0 amide bonds. The normalized spacial score (nSPS) is 16.5. The molecule has 18 heavy (non-hydrogen) atoms. The van der Waals surface area contributed by atoms with E-state index in [-0.39, 0.29) is 5.69 Å². The highest BCUT2D eigenvalue weighted by Gasteiger charge is 2.17. The third-order valence-electron chi connectivity index (χ3n) is 3.02. The molecule has 0 radical (unpaired) electrons. The maximum Gasteiger partial charge on any atom is 0.358 e. The molecule has 2 heterocycles. The van der Waals surface area contributed by atoms with Crippen molar-refractivity contribution in [2.45, 2.75) is 19.8 Å². The van der Waals surface area contributed by atoms with Gasteiger partial charge in [-0.15, -0.1) is 0 Å². The van der Waals surface area contributed by atoms with Crippen LogP contribution in [0.25, 0.3) is 0 Å². The Bertz CT molecular complexity index is 427. The summed E-state index contributed by atoms with van der Waals surface area (Å²) >= 11 is 0. The summed E-state index contributed by atoms with van der Waals surface area (Å²) in [6.45, 7) is 3.79. The predicted molar refractivity (Wildman–Crippen MR) is 65.0 cm³/mol. The number of hydrogen-bond donors (Lipinski definition) is 1. The van der Waals surface area contributed by atoms with E-state index in [0.717, 1.165) is 26.1 Å². The van der Waals surface area contributed by atoms with Gasteiger partial charge in [0.05, 0.1) is 6.61 Å². The number of ether oxygens (including phenoxy) is 2. The molecule has 1 fully saturated rings. The van der Waals surface area contributed by atoms with Crippen molar-refractivity contribution in [2.24, 2.45) is 5.92 Å². The van der Waals surface area contributed by atoms with Gasteiger partial charge >= 0.3 is 5.97 Å². The molecule has 0 aliphatic carbocycles. The first-order valence-electron chi connectivity index (χ1n) is 6.08. The van der Waals surface area contributed by atoms with Gasteiger partial charge in [0.1, 0.15) is 0 Å². The molecule has 1 aliphatic rings. The minimum absolute atomic E-state index is 0.0120. The van der Waals surface area contributed by atoms with Crippen LogP contribution in [0.2, 0.25) is 0 Å². The molecule has 2 rings (SSSR count). The first kappa shape index (κ1) is 12.8. The summed E-state index contributed by atoms with van der Waals surface area (Å²) in [5, 5.41) is 9.06. The van der Waals surface area contributed by atoms with Crippen molar-refractivity contribution in [3.63, 3.8) is 0 Å². The van der Waals surface area contributed by atoms with Crippen molar-refractivity contribution in [2.75, 3.05) is 19.8 Å². The van der Waals surface area contributed by atoms with Crippen molar-refractivity contribution >= 4 is 5.97 Å². The monoisotopic (exact) mass is 251 g/mol. The van der Waals surface area contributed by atoms with Crippen LogP contribution in [0.5, 0.6) is 5.75 Å². The van der Waals surface area contributed by atoms with Crippen molar-refractivity contribution in [1.82, 2.24) is 4.98 Å². The Morgan fingerprint density at radius 2 is 2.22 bits per heavy atom. The fourth-order valence-corrected chi connectivity index (χ4v) is 1.93. The Morgan fingerprint density at radius 1 is 1.50 bits per heavy atom. The molecule has 1 N–H and O–H groups in total. The third-order valence-corrected chi connectivity index (χ3v) is 3.02. The number of rotatable bonds is 4. The number of hydrogen-bond acceptors (Lipinski definition) is 4. The van der Waals surface area contributed by atoms with Gasteiger partial charge in [-0.2, -0.15) is 0 Å². The van der Waals surface area contributed by atoms with E-state index >= 15 is 0 Å². The molecule has 0 aromatic carbocycles. The van der Waals surface area contributed by atoms with Crippen LogP contribution in [0.4, 0.5) is 0 Å². The van der Waals surface area contributed by atoms with E-state index in [1.807, 2.05) is 0 Å². The van der Waals surface area contributed by atoms with Crippen molar-refractivity contribution in [3.8, 4) is 5.75 Å². The Morgan fingerprint density at radius 3 is 2.89 bits per heavy atom. The molecule has 98 valence electrons. The van der Waals surface area contributed by atoms with Gasteiger partial charge in [0.25, 0.3) is 0 Å². The number of aromatic nitrogens is 1. The van der Waals surface area contributed by atoms with Gasteiger partial charge in [-0.3, -0.25) is 0 Å². The molecule has 0 spiro atoms. The molecule has 1 aliphatic heterocycles. The zero-order valence-electron chi connectivity index (χ0n) is 10.4. The molecule has 1 saturated heterocycles. The van der Waals surface area contributed by atoms with Gasteiger partial charge < -0.3 is 14.6 Å². The lowest BCUT2D eigenvalue weighted by Crippen LogP contribution is -2.22. The molecule has 0 unspecified atom stereocenters. The van der Waals surface area contributed by atoms with Gasteiger partial charge in [-0.05, 0) is 37.8 Å². The number of nitrogens with zero attached hydrogens (tertiary/aromatic N) is 1. The zero-order valence-corrected chi connectivity index (χ0v) is 10.4. The molecule has 0 saturated carbocycles.